The fraction of sp³-hybridized carbons (Fsp3) is 0.235. The van der Waals surface area contributed by atoms with Crippen LogP contribution in [0.3, 0.4) is 0 Å². The van der Waals surface area contributed by atoms with E-state index in [4.69, 9.17) is 4.74 Å². The maximum absolute atomic E-state index is 13.6. The molecule has 0 heterocycles. The second-order valence-electron chi connectivity index (χ2n) is 5.55. The number of carbonyl (C=O) groups excluding carboxylic acids is 1. The molecule has 0 spiro atoms. The Kier molecular flexibility index (Phi) is 6.74. The van der Waals surface area contributed by atoms with Crippen molar-refractivity contribution in [1.82, 2.24) is 5.32 Å². The van der Waals surface area contributed by atoms with Gasteiger partial charge in [-0.2, -0.15) is 8.78 Å². The van der Waals surface area contributed by atoms with Crippen LogP contribution in [-0.2, 0) is 11.3 Å². The summed E-state index contributed by atoms with van der Waals surface area (Å²) >= 11 is 0. The molecule has 0 aliphatic carbocycles. The Balaban J connectivity index is 1.90. The van der Waals surface area contributed by atoms with Gasteiger partial charge in [-0.25, -0.2) is 4.79 Å². The molecule has 1 amide bonds. The van der Waals surface area contributed by atoms with Gasteiger partial charge < -0.3 is 20.3 Å². The Labute approximate surface area is 152 Å². The lowest BCUT2D eigenvalue weighted by atomic mass is 10.0. The fourth-order valence-corrected chi connectivity index (χ4v) is 2.23. The third-order valence-corrected chi connectivity index (χ3v) is 3.60. The van der Waals surface area contributed by atoms with Crippen molar-refractivity contribution in [1.29, 1.82) is 0 Å². The molecule has 0 radical (unpaired) electrons. The molecule has 0 saturated heterocycles. The van der Waals surface area contributed by atoms with Crippen LogP contribution in [0.4, 0.5) is 19.3 Å². The zero-order valence-electron chi connectivity index (χ0n) is 13.8. The molecule has 0 aromatic heterocycles. The quantitative estimate of drug-likeness (QED) is 0.498. The lowest BCUT2D eigenvalue weighted by molar-refractivity contribution is -0.390. The van der Waals surface area contributed by atoms with Gasteiger partial charge in [0, 0.05) is 6.54 Å². The summed E-state index contributed by atoms with van der Waals surface area (Å²) in [5, 5.41) is 32.6. The van der Waals surface area contributed by atoms with Gasteiger partial charge in [-0.3, -0.25) is 10.1 Å². The highest BCUT2D eigenvalue weighted by molar-refractivity contribution is 5.67. The number of amides is 1. The van der Waals surface area contributed by atoms with E-state index in [9.17, 15) is 33.9 Å². The van der Waals surface area contributed by atoms with Crippen molar-refractivity contribution in [3.63, 3.8) is 0 Å². The number of alkyl carbamates (subject to hydrolysis) is 1. The topological polar surface area (TPSA) is 122 Å². The van der Waals surface area contributed by atoms with Crippen LogP contribution in [0.2, 0.25) is 0 Å². The van der Waals surface area contributed by atoms with Gasteiger partial charge in [0.05, 0.1) is 4.92 Å². The number of nitrogens with one attached hydrogen (secondary N) is 1. The number of benzene rings is 2. The number of hydrogen-bond donors (Lipinski definition) is 3. The predicted molar refractivity (Wildman–Crippen MR) is 88.6 cm³/mol. The Hall–Kier alpha value is -3.11. The van der Waals surface area contributed by atoms with Crippen LogP contribution < -0.4 is 5.32 Å². The zero-order valence-corrected chi connectivity index (χ0v) is 13.8. The van der Waals surface area contributed by atoms with Gasteiger partial charge in [0.1, 0.15) is 18.8 Å². The van der Waals surface area contributed by atoms with Gasteiger partial charge in [0.15, 0.2) is 0 Å². The van der Waals surface area contributed by atoms with Crippen molar-refractivity contribution in [2.45, 2.75) is 18.8 Å². The number of ether oxygens (including phenoxy) is 1. The second kappa shape index (κ2) is 9.01. The maximum atomic E-state index is 13.6. The maximum Gasteiger partial charge on any atom is 0.407 e. The highest BCUT2D eigenvalue weighted by Crippen LogP contribution is 2.27. The van der Waals surface area contributed by atoms with Crippen molar-refractivity contribution in [3.8, 4) is 0 Å². The van der Waals surface area contributed by atoms with Crippen molar-refractivity contribution < 1.29 is 33.4 Å². The molecular formula is C17H16F2N2O6. The van der Waals surface area contributed by atoms with Crippen LogP contribution in [0.1, 0.15) is 17.2 Å². The second-order valence-corrected chi connectivity index (χ2v) is 5.55. The van der Waals surface area contributed by atoms with Gasteiger partial charge in [0.2, 0.25) is 11.6 Å². The molecule has 0 bridgehead atoms. The van der Waals surface area contributed by atoms with E-state index in [-0.39, 0.29) is 6.61 Å². The largest absolute Gasteiger partial charge is 0.445 e. The molecule has 2 atom stereocenters. The molecule has 0 aliphatic heterocycles. The molecule has 144 valence electrons. The van der Waals surface area contributed by atoms with Crippen LogP contribution in [-0.4, -0.2) is 33.9 Å². The van der Waals surface area contributed by atoms with Gasteiger partial charge in [-0.15, -0.1) is 0 Å². The summed E-state index contributed by atoms with van der Waals surface area (Å²) in [4.78, 5) is 20.9. The van der Waals surface area contributed by atoms with Crippen LogP contribution in [0.15, 0.2) is 42.5 Å². The first-order valence-corrected chi connectivity index (χ1v) is 7.73. The number of hydrogen-bond acceptors (Lipinski definition) is 6. The molecule has 2 rings (SSSR count). The van der Waals surface area contributed by atoms with E-state index >= 15 is 0 Å². The fourth-order valence-electron chi connectivity index (χ4n) is 2.23. The van der Waals surface area contributed by atoms with Crippen molar-refractivity contribution in [2.75, 3.05) is 6.54 Å². The highest BCUT2D eigenvalue weighted by atomic mass is 19.1. The molecule has 10 heteroatoms. The number of nitro benzene ring substituents is 1. The van der Waals surface area contributed by atoms with Gasteiger partial charge in [0.25, 0.3) is 0 Å². The van der Waals surface area contributed by atoms with Crippen LogP contribution in [0.5, 0.6) is 0 Å². The summed E-state index contributed by atoms with van der Waals surface area (Å²) in [6, 6.07) is 9.89. The number of halogens is 2. The van der Waals surface area contributed by atoms with Gasteiger partial charge in [-0.1, -0.05) is 30.3 Å². The minimum absolute atomic E-state index is 0.00982. The molecule has 0 fully saturated rings. The van der Waals surface area contributed by atoms with E-state index in [0.29, 0.717) is 12.1 Å². The first kappa shape index (κ1) is 20.2. The average Bonchev–Trinajstić information content (AvgIpc) is 2.63. The minimum atomic E-state index is -1.79. The Morgan fingerprint density at radius 1 is 1.19 bits per heavy atom. The van der Waals surface area contributed by atoms with E-state index < -0.39 is 52.7 Å². The zero-order chi connectivity index (χ0) is 20.0. The Bertz CT molecular complexity index is 795. The average molecular weight is 382 g/mol. The van der Waals surface area contributed by atoms with E-state index in [0.717, 1.165) is 5.56 Å². The third-order valence-electron chi connectivity index (χ3n) is 3.60. The molecule has 0 saturated carbocycles. The summed E-state index contributed by atoms with van der Waals surface area (Å²) in [5.74, 6) is -2.98. The van der Waals surface area contributed by atoms with Crippen LogP contribution in [0, 0.1) is 21.7 Å². The third kappa shape index (κ3) is 5.43. The summed E-state index contributed by atoms with van der Waals surface area (Å²) in [5.41, 5.74) is -1.03. The summed E-state index contributed by atoms with van der Waals surface area (Å²) in [7, 11) is 0. The van der Waals surface area contributed by atoms with E-state index in [1.165, 1.54) is 0 Å². The smallest absolute Gasteiger partial charge is 0.407 e. The number of nitrogens with zero attached hydrogens (tertiary/aromatic N) is 1. The molecule has 27 heavy (non-hydrogen) atoms. The number of aliphatic hydroxyl groups is 2. The van der Waals surface area contributed by atoms with E-state index in [1.807, 2.05) is 0 Å². The number of aliphatic hydroxyl groups excluding tert-OH is 2. The van der Waals surface area contributed by atoms with Crippen LogP contribution in [0.25, 0.3) is 0 Å². The highest BCUT2D eigenvalue weighted by Gasteiger charge is 2.27. The number of carbonyl (C=O) groups is 1. The van der Waals surface area contributed by atoms with Crippen molar-refractivity contribution >= 4 is 11.8 Å². The van der Waals surface area contributed by atoms with Crippen LogP contribution >= 0.6 is 0 Å². The van der Waals surface area contributed by atoms with Crippen molar-refractivity contribution in [3.05, 3.63) is 75.3 Å². The molecule has 2 aromatic carbocycles. The lowest BCUT2D eigenvalue weighted by Gasteiger charge is -2.18. The monoisotopic (exact) mass is 382 g/mol. The van der Waals surface area contributed by atoms with Gasteiger partial charge >= 0.3 is 11.8 Å². The SMILES string of the molecule is O=C(NCC(O)C(O)c1cc(F)c([N+](=O)[O-])c(F)c1)OCc1ccccc1. The first-order valence-electron chi connectivity index (χ1n) is 7.73. The summed E-state index contributed by atoms with van der Waals surface area (Å²) < 4.78 is 32.1. The number of rotatable bonds is 7. The molecule has 0 aliphatic rings. The first-order chi connectivity index (χ1) is 12.8. The van der Waals surface area contributed by atoms with Gasteiger partial charge in [-0.05, 0) is 23.3 Å². The van der Waals surface area contributed by atoms with E-state index in [2.05, 4.69) is 5.32 Å². The number of nitro groups is 1. The molecule has 2 unspecified atom stereocenters. The molecule has 3 N–H and O–H groups in total. The molecular weight excluding hydrogens is 366 g/mol. The summed E-state index contributed by atoms with van der Waals surface area (Å²) in [6.45, 7) is -0.487. The summed E-state index contributed by atoms with van der Waals surface area (Å²) in [6.07, 6.45) is -4.29. The molecule has 2 aromatic rings. The predicted octanol–water partition coefficient (Wildman–Crippen LogP) is 2.19. The molecule has 8 nitrogen and oxygen atoms in total. The Morgan fingerprint density at radius 3 is 2.33 bits per heavy atom. The minimum Gasteiger partial charge on any atom is -0.445 e. The Morgan fingerprint density at radius 2 is 1.78 bits per heavy atom. The normalized spacial score (nSPS) is 12.9. The standard InChI is InChI=1S/C17H16F2N2O6/c18-12-6-11(7-13(19)15(12)21(25)26)16(23)14(22)8-20-17(24)27-9-10-4-2-1-3-5-10/h1-7,14,16,22-23H,8-9H2,(H,20,24). The lowest BCUT2D eigenvalue weighted by Crippen LogP contribution is -2.35. The van der Waals surface area contributed by atoms with Crippen molar-refractivity contribution in [2.24, 2.45) is 0 Å². The van der Waals surface area contributed by atoms with E-state index in [1.54, 1.807) is 30.3 Å².